The Balaban J connectivity index is 1.62. The van der Waals surface area contributed by atoms with Crippen molar-refractivity contribution in [2.75, 3.05) is 6.61 Å². The number of nitro benzene ring substituents is 1. The van der Waals surface area contributed by atoms with Gasteiger partial charge in [-0.15, -0.1) is 0 Å². The molecule has 1 saturated carbocycles. The van der Waals surface area contributed by atoms with E-state index in [1.807, 2.05) is 30.3 Å². The Morgan fingerprint density at radius 2 is 1.83 bits per heavy atom. The van der Waals surface area contributed by atoms with Crippen LogP contribution in [0, 0.1) is 10.1 Å². The van der Waals surface area contributed by atoms with Crippen LogP contribution in [0.4, 0.5) is 5.69 Å². The third-order valence-electron chi connectivity index (χ3n) is 4.67. The summed E-state index contributed by atoms with van der Waals surface area (Å²) in [5, 5.41) is 14.3. The molecule has 1 fully saturated rings. The summed E-state index contributed by atoms with van der Waals surface area (Å²) in [6, 6.07) is 13.6. The van der Waals surface area contributed by atoms with E-state index < -0.39 is 17.5 Å². The van der Waals surface area contributed by atoms with Crippen molar-refractivity contribution in [2.45, 2.75) is 47.9 Å². The maximum atomic E-state index is 12.3. The number of esters is 1. The van der Waals surface area contributed by atoms with Crippen LogP contribution in [0.5, 0.6) is 0 Å². The van der Waals surface area contributed by atoms with Gasteiger partial charge in [-0.1, -0.05) is 49.2 Å². The summed E-state index contributed by atoms with van der Waals surface area (Å²) in [5.41, 5.74) is -0.139. The van der Waals surface area contributed by atoms with Crippen LogP contribution in [-0.2, 0) is 9.53 Å². The molecule has 0 aliphatic heterocycles. The number of rotatable bonds is 7. The zero-order valence-electron chi connectivity index (χ0n) is 15.8. The summed E-state index contributed by atoms with van der Waals surface area (Å²) >= 11 is 1.24. The molecule has 0 heterocycles. The summed E-state index contributed by atoms with van der Waals surface area (Å²) in [5.74, 6) is -1.11. The number of carbonyl (C=O) groups excluding carboxylic acids is 2. The topological polar surface area (TPSA) is 98.5 Å². The zero-order valence-corrected chi connectivity index (χ0v) is 16.7. The number of benzene rings is 2. The molecule has 0 unspecified atom stereocenters. The fraction of sp³-hybridized carbons (Fsp3) is 0.333. The van der Waals surface area contributed by atoms with Gasteiger partial charge >= 0.3 is 5.97 Å². The quantitative estimate of drug-likeness (QED) is 0.411. The highest BCUT2D eigenvalue weighted by Gasteiger charge is 2.21. The van der Waals surface area contributed by atoms with Crippen molar-refractivity contribution in [3.63, 3.8) is 0 Å². The lowest BCUT2D eigenvalue weighted by Crippen LogP contribution is -2.38. The molecule has 0 radical (unpaired) electrons. The summed E-state index contributed by atoms with van der Waals surface area (Å²) in [6.45, 7) is -0.399. The van der Waals surface area contributed by atoms with E-state index in [2.05, 4.69) is 5.32 Å². The third kappa shape index (κ3) is 6.05. The first-order valence-electron chi connectivity index (χ1n) is 9.51. The number of amides is 1. The lowest BCUT2D eigenvalue weighted by molar-refractivity contribution is -0.387. The molecular weight excluding hydrogens is 392 g/mol. The van der Waals surface area contributed by atoms with E-state index in [0.29, 0.717) is 4.90 Å². The standard InChI is InChI=1S/C21H22N2O5S/c24-20(22-16-7-3-1-4-8-16)14-28-21(25)15-11-12-19(18(13-15)23(26)27)29-17-9-5-2-6-10-17/h2,5-6,9-13,16H,1,3-4,7-8,14H2,(H,22,24). The molecule has 0 bridgehead atoms. The average Bonchev–Trinajstić information content (AvgIpc) is 2.73. The van der Waals surface area contributed by atoms with Crippen LogP contribution in [0.2, 0.25) is 0 Å². The van der Waals surface area contributed by atoms with E-state index in [0.717, 1.165) is 30.6 Å². The number of nitrogens with one attached hydrogen (secondary N) is 1. The van der Waals surface area contributed by atoms with E-state index >= 15 is 0 Å². The molecule has 1 amide bonds. The third-order valence-corrected chi connectivity index (χ3v) is 5.74. The second kappa shape index (κ2) is 10.1. The Kier molecular flexibility index (Phi) is 7.24. The Labute approximate surface area is 173 Å². The smallest absolute Gasteiger partial charge is 0.338 e. The van der Waals surface area contributed by atoms with Crippen LogP contribution < -0.4 is 5.32 Å². The molecule has 1 aliphatic carbocycles. The lowest BCUT2D eigenvalue weighted by atomic mass is 9.95. The van der Waals surface area contributed by atoms with Gasteiger partial charge in [0.1, 0.15) is 0 Å². The second-order valence-electron chi connectivity index (χ2n) is 6.83. The van der Waals surface area contributed by atoms with Gasteiger partial charge in [-0.2, -0.15) is 0 Å². The van der Waals surface area contributed by atoms with Gasteiger partial charge in [0.25, 0.3) is 11.6 Å². The summed E-state index contributed by atoms with van der Waals surface area (Å²) in [6.07, 6.45) is 5.22. The molecule has 0 atom stereocenters. The first-order chi connectivity index (χ1) is 14.0. The molecule has 1 aliphatic rings. The van der Waals surface area contributed by atoms with Crippen LogP contribution in [0.1, 0.15) is 42.5 Å². The predicted molar refractivity (Wildman–Crippen MR) is 109 cm³/mol. The first kappa shape index (κ1) is 20.9. The summed E-state index contributed by atoms with van der Waals surface area (Å²) in [4.78, 5) is 36.4. The van der Waals surface area contributed by atoms with Crippen molar-refractivity contribution in [3.05, 3.63) is 64.2 Å². The number of hydrogen-bond acceptors (Lipinski definition) is 6. The minimum Gasteiger partial charge on any atom is -0.452 e. The molecule has 7 nitrogen and oxygen atoms in total. The molecule has 8 heteroatoms. The average molecular weight is 414 g/mol. The van der Waals surface area contributed by atoms with E-state index in [-0.39, 0.29) is 23.2 Å². The number of ether oxygens (including phenoxy) is 1. The predicted octanol–water partition coefficient (Wildman–Crippen LogP) is 4.35. The van der Waals surface area contributed by atoms with Crippen LogP contribution in [-0.4, -0.2) is 29.4 Å². The van der Waals surface area contributed by atoms with Gasteiger partial charge in [0.05, 0.1) is 15.4 Å². The van der Waals surface area contributed by atoms with Crippen molar-refractivity contribution in [2.24, 2.45) is 0 Å². The maximum Gasteiger partial charge on any atom is 0.338 e. The number of carbonyl (C=O) groups is 2. The largest absolute Gasteiger partial charge is 0.452 e. The lowest BCUT2D eigenvalue weighted by Gasteiger charge is -2.22. The zero-order chi connectivity index (χ0) is 20.6. The first-order valence-corrected chi connectivity index (χ1v) is 10.3. The Hall–Kier alpha value is -2.87. The van der Waals surface area contributed by atoms with Crippen LogP contribution in [0.15, 0.2) is 58.3 Å². The summed E-state index contributed by atoms with van der Waals surface area (Å²) in [7, 11) is 0. The van der Waals surface area contributed by atoms with Gasteiger partial charge < -0.3 is 10.1 Å². The van der Waals surface area contributed by atoms with Gasteiger partial charge in [0.15, 0.2) is 6.61 Å². The molecule has 3 rings (SSSR count). The van der Waals surface area contributed by atoms with Gasteiger partial charge in [-0.25, -0.2) is 4.79 Å². The van der Waals surface area contributed by atoms with Gasteiger partial charge in [-0.3, -0.25) is 14.9 Å². The van der Waals surface area contributed by atoms with E-state index in [1.54, 1.807) is 0 Å². The van der Waals surface area contributed by atoms with Crippen molar-refractivity contribution >= 4 is 29.3 Å². The van der Waals surface area contributed by atoms with Crippen molar-refractivity contribution in [3.8, 4) is 0 Å². The molecule has 0 saturated heterocycles. The monoisotopic (exact) mass is 414 g/mol. The maximum absolute atomic E-state index is 12.3. The van der Waals surface area contributed by atoms with E-state index in [9.17, 15) is 19.7 Å². The van der Waals surface area contributed by atoms with E-state index in [1.165, 1.54) is 36.4 Å². The number of nitrogens with zero attached hydrogens (tertiary/aromatic N) is 1. The van der Waals surface area contributed by atoms with Crippen LogP contribution in [0.3, 0.4) is 0 Å². The highest BCUT2D eigenvalue weighted by atomic mass is 32.2. The number of nitro groups is 1. The van der Waals surface area contributed by atoms with Gasteiger partial charge in [0.2, 0.25) is 0 Å². The minimum absolute atomic E-state index is 0.0413. The highest BCUT2D eigenvalue weighted by molar-refractivity contribution is 7.99. The van der Waals surface area contributed by atoms with Crippen molar-refractivity contribution < 1.29 is 19.2 Å². The fourth-order valence-corrected chi connectivity index (χ4v) is 4.14. The normalized spacial score (nSPS) is 14.2. The van der Waals surface area contributed by atoms with E-state index in [4.69, 9.17) is 4.74 Å². The molecule has 29 heavy (non-hydrogen) atoms. The van der Waals surface area contributed by atoms with Gasteiger partial charge in [0, 0.05) is 17.0 Å². The van der Waals surface area contributed by atoms with Crippen molar-refractivity contribution in [1.82, 2.24) is 5.32 Å². The Morgan fingerprint density at radius 1 is 1.10 bits per heavy atom. The molecule has 1 N–H and O–H groups in total. The number of hydrogen-bond donors (Lipinski definition) is 1. The van der Waals surface area contributed by atoms with Crippen LogP contribution >= 0.6 is 11.8 Å². The highest BCUT2D eigenvalue weighted by Crippen LogP contribution is 2.35. The minimum atomic E-state index is -0.761. The fourth-order valence-electron chi connectivity index (χ4n) is 3.22. The summed E-state index contributed by atoms with van der Waals surface area (Å²) < 4.78 is 5.04. The second-order valence-corrected chi connectivity index (χ2v) is 7.95. The molecule has 0 aromatic heterocycles. The van der Waals surface area contributed by atoms with Gasteiger partial charge in [-0.05, 0) is 37.1 Å². The molecule has 2 aromatic rings. The Morgan fingerprint density at radius 3 is 2.52 bits per heavy atom. The molecule has 0 spiro atoms. The Bertz CT molecular complexity index is 882. The molecular formula is C21H22N2O5S. The van der Waals surface area contributed by atoms with Crippen molar-refractivity contribution in [1.29, 1.82) is 0 Å². The van der Waals surface area contributed by atoms with Crippen LogP contribution in [0.25, 0.3) is 0 Å². The molecule has 2 aromatic carbocycles. The molecule has 152 valence electrons. The SMILES string of the molecule is O=C(COC(=O)c1ccc(Sc2ccccc2)c([N+](=O)[O-])c1)NC1CCCCC1.